The minimum atomic E-state index is -0.733. The van der Waals surface area contributed by atoms with E-state index in [4.69, 9.17) is 4.74 Å². The monoisotopic (exact) mass is 530 g/mol. The molecule has 0 radical (unpaired) electrons. The lowest BCUT2D eigenvalue weighted by atomic mass is 9.89. The number of amides is 3. The zero-order valence-corrected chi connectivity index (χ0v) is 23.1. The molecule has 5 rings (SSSR count). The Morgan fingerprint density at radius 2 is 1.82 bits per heavy atom. The molecule has 2 aromatic carbocycles. The van der Waals surface area contributed by atoms with Crippen LogP contribution in [0.1, 0.15) is 73.8 Å². The van der Waals surface area contributed by atoms with Gasteiger partial charge >= 0.3 is 0 Å². The highest BCUT2D eigenvalue weighted by atomic mass is 16.5. The van der Waals surface area contributed by atoms with Gasteiger partial charge in [-0.15, -0.1) is 0 Å². The van der Waals surface area contributed by atoms with Crippen LogP contribution >= 0.6 is 0 Å². The number of hydrogen-bond donors (Lipinski definition) is 3. The first kappa shape index (κ1) is 26.9. The van der Waals surface area contributed by atoms with E-state index in [-0.39, 0.29) is 35.8 Å². The van der Waals surface area contributed by atoms with Gasteiger partial charge in [-0.05, 0) is 55.9 Å². The summed E-state index contributed by atoms with van der Waals surface area (Å²) in [4.78, 5) is 46.0. The van der Waals surface area contributed by atoms with Gasteiger partial charge in [0.2, 0.25) is 11.8 Å². The van der Waals surface area contributed by atoms with E-state index >= 15 is 0 Å². The van der Waals surface area contributed by atoms with Crippen molar-refractivity contribution in [3.05, 3.63) is 70.9 Å². The number of aromatic nitrogens is 1. The molecule has 3 aromatic rings. The molecule has 206 valence electrons. The van der Waals surface area contributed by atoms with Crippen LogP contribution < -0.4 is 10.6 Å². The molecule has 3 N–H and O–H groups in total. The number of ether oxygens (including phenoxy) is 1. The first-order chi connectivity index (χ1) is 18.8. The van der Waals surface area contributed by atoms with E-state index in [1.165, 1.54) is 0 Å². The molecule has 3 amide bonds. The Hall–Kier alpha value is -3.65. The summed E-state index contributed by atoms with van der Waals surface area (Å²) >= 11 is 0. The average molecular weight is 531 g/mol. The molecule has 39 heavy (non-hydrogen) atoms. The van der Waals surface area contributed by atoms with E-state index in [1.54, 1.807) is 4.90 Å². The van der Waals surface area contributed by atoms with E-state index in [0.717, 1.165) is 27.7 Å². The molecule has 0 saturated heterocycles. The number of fused-ring (bicyclic) bond motifs is 7. The fraction of sp³-hybridized carbons (Fsp3) is 0.452. The van der Waals surface area contributed by atoms with Crippen LogP contribution in [0.25, 0.3) is 10.9 Å². The van der Waals surface area contributed by atoms with Crippen LogP contribution in [-0.2, 0) is 20.7 Å². The fourth-order valence-electron chi connectivity index (χ4n) is 5.83. The summed E-state index contributed by atoms with van der Waals surface area (Å²) in [6.07, 6.45) is 1.72. The third-order valence-corrected chi connectivity index (χ3v) is 7.57. The second-order valence-corrected chi connectivity index (χ2v) is 11.2. The van der Waals surface area contributed by atoms with Crippen LogP contribution in [0.2, 0.25) is 0 Å². The molecular formula is C31H38N4O4. The van der Waals surface area contributed by atoms with Crippen LogP contribution in [0.15, 0.2) is 48.5 Å². The minimum absolute atomic E-state index is 0.144. The van der Waals surface area contributed by atoms with Crippen molar-refractivity contribution in [2.75, 3.05) is 13.2 Å². The molecule has 0 unspecified atom stereocenters. The molecule has 1 aromatic heterocycles. The number of nitrogens with zero attached hydrogens (tertiary/aromatic N) is 1. The third kappa shape index (κ3) is 5.30. The highest BCUT2D eigenvalue weighted by Gasteiger charge is 2.49. The first-order valence-electron chi connectivity index (χ1n) is 14.0. The summed E-state index contributed by atoms with van der Waals surface area (Å²) in [6, 6.07) is 13.8. The van der Waals surface area contributed by atoms with Crippen molar-refractivity contribution in [1.82, 2.24) is 20.5 Å². The second kappa shape index (κ2) is 11.2. The van der Waals surface area contributed by atoms with Gasteiger partial charge < -0.3 is 25.3 Å². The number of rotatable bonds is 10. The van der Waals surface area contributed by atoms with Gasteiger partial charge in [0.1, 0.15) is 12.1 Å². The van der Waals surface area contributed by atoms with Crippen molar-refractivity contribution in [2.24, 2.45) is 5.92 Å². The molecule has 2 aliphatic heterocycles. The number of hydrogen-bond acceptors (Lipinski definition) is 4. The second-order valence-electron chi connectivity index (χ2n) is 11.2. The zero-order valence-electron chi connectivity index (χ0n) is 23.1. The fourth-order valence-corrected chi connectivity index (χ4v) is 5.83. The highest BCUT2D eigenvalue weighted by molar-refractivity contribution is 6.04. The van der Waals surface area contributed by atoms with E-state index in [1.807, 2.05) is 70.2 Å². The van der Waals surface area contributed by atoms with Gasteiger partial charge in [0, 0.05) is 41.7 Å². The van der Waals surface area contributed by atoms with Crippen molar-refractivity contribution in [3.8, 4) is 0 Å². The highest BCUT2D eigenvalue weighted by Crippen LogP contribution is 2.46. The lowest BCUT2D eigenvalue weighted by Gasteiger charge is -2.37. The average Bonchev–Trinajstić information content (AvgIpc) is 3.42. The molecule has 3 heterocycles. The maximum atomic E-state index is 13.9. The Balaban J connectivity index is 1.41. The summed E-state index contributed by atoms with van der Waals surface area (Å²) in [7, 11) is 0. The van der Waals surface area contributed by atoms with Crippen LogP contribution in [0.3, 0.4) is 0 Å². The Morgan fingerprint density at radius 3 is 2.59 bits per heavy atom. The number of benzene rings is 2. The van der Waals surface area contributed by atoms with Gasteiger partial charge in [-0.1, -0.05) is 50.2 Å². The topological polar surface area (TPSA) is 104 Å². The SMILES string of the molecule is CC(C)C[C@H](NC(=O)[C@@H]1Cc2c([nH]c3ccccc23)[C@H]2c3ccccc3C(=O)N21)C(=O)NCCCOC(C)C. The molecule has 0 aliphatic carbocycles. The van der Waals surface area contributed by atoms with Gasteiger partial charge in [0.05, 0.1) is 12.1 Å². The summed E-state index contributed by atoms with van der Waals surface area (Å²) in [5.74, 6) is -0.476. The summed E-state index contributed by atoms with van der Waals surface area (Å²) < 4.78 is 5.56. The normalized spacial score (nSPS) is 18.7. The van der Waals surface area contributed by atoms with Crippen LogP contribution in [0.4, 0.5) is 0 Å². The molecule has 8 heteroatoms. The Morgan fingerprint density at radius 1 is 1.08 bits per heavy atom. The van der Waals surface area contributed by atoms with Gasteiger partial charge in [-0.2, -0.15) is 0 Å². The number of aromatic amines is 1. The van der Waals surface area contributed by atoms with E-state index < -0.39 is 12.1 Å². The summed E-state index contributed by atoms with van der Waals surface area (Å²) in [5, 5.41) is 7.03. The number of carbonyl (C=O) groups excluding carboxylic acids is 3. The predicted molar refractivity (Wildman–Crippen MR) is 150 cm³/mol. The third-order valence-electron chi connectivity index (χ3n) is 7.57. The van der Waals surface area contributed by atoms with E-state index in [0.29, 0.717) is 38.0 Å². The first-order valence-corrected chi connectivity index (χ1v) is 14.0. The summed E-state index contributed by atoms with van der Waals surface area (Å²) in [6.45, 7) is 9.04. The zero-order chi connectivity index (χ0) is 27.7. The van der Waals surface area contributed by atoms with Crippen LogP contribution in [0, 0.1) is 5.92 Å². The van der Waals surface area contributed by atoms with Crippen molar-refractivity contribution >= 4 is 28.6 Å². The predicted octanol–water partition coefficient (Wildman–Crippen LogP) is 4.10. The van der Waals surface area contributed by atoms with Crippen LogP contribution in [0.5, 0.6) is 0 Å². The van der Waals surface area contributed by atoms with Gasteiger partial charge in [-0.3, -0.25) is 14.4 Å². The van der Waals surface area contributed by atoms with Gasteiger partial charge in [0.15, 0.2) is 0 Å². The molecule has 0 fully saturated rings. The maximum Gasteiger partial charge on any atom is 0.255 e. The lowest BCUT2D eigenvalue weighted by Crippen LogP contribution is -2.56. The van der Waals surface area contributed by atoms with Gasteiger partial charge in [-0.25, -0.2) is 0 Å². The standard InChI is InChI=1S/C31H38N4O4/c1-18(2)16-25(29(36)32-14-9-15-39-19(3)4)34-30(37)26-17-23-20-10-7-8-13-24(20)33-27(23)28-21-11-5-6-12-22(21)31(38)35(26)28/h5-8,10-13,18-19,25-26,28,33H,9,14-17H2,1-4H3,(H,32,36)(H,34,37)/t25-,26-,28+/m0/s1. The quantitative estimate of drug-likeness (QED) is 0.344. The van der Waals surface area contributed by atoms with E-state index in [9.17, 15) is 14.4 Å². The van der Waals surface area contributed by atoms with Crippen molar-refractivity contribution in [3.63, 3.8) is 0 Å². The summed E-state index contributed by atoms with van der Waals surface area (Å²) in [5.41, 5.74) is 4.50. The van der Waals surface area contributed by atoms with E-state index in [2.05, 4.69) is 21.7 Å². The van der Waals surface area contributed by atoms with Gasteiger partial charge in [0.25, 0.3) is 5.91 Å². The number of carbonyl (C=O) groups is 3. The molecule has 0 spiro atoms. The van der Waals surface area contributed by atoms with Crippen molar-refractivity contribution in [2.45, 2.75) is 71.2 Å². The number of nitrogens with one attached hydrogen (secondary N) is 3. The maximum absolute atomic E-state index is 13.9. The molecule has 2 aliphatic rings. The molecule has 8 nitrogen and oxygen atoms in total. The van der Waals surface area contributed by atoms with Crippen LogP contribution in [-0.4, -0.2) is 58.9 Å². The molecule has 3 atom stereocenters. The van der Waals surface area contributed by atoms with Crippen molar-refractivity contribution < 1.29 is 19.1 Å². The Labute approximate surface area is 229 Å². The molecule has 0 saturated carbocycles. The number of para-hydroxylation sites is 1. The largest absolute Gasteiger partial charge is 0.379 e. The minimum Gasteiger partial charge on any atom is -0.379 e. The van der Waals surface area contributed by atoms with Crippen molar-refractivity contribution in [1.29, 1.82) is 0 Å². The smallest absolute Gasteiger partial charge is 0.255 e. The Kier molecular flexibility index (Phi) is 7.75. The Bertz CT molecular complexity index is 1380. The lowest BCUT2D eigenvalue weighted by molar-refractivity contribution is -0.132. The molecule has 0 bridgehead atoms. The molecular weight excluding hydrogens is 492 g/mol. The number of H-pyrrole nitrogens is 1.